The number of hydrogen-bond donors (Lipinski definition) is 0. The summed E-state index contributed by atoms with van der Waals surface area (Å²) in [4.78, 5) is 19.3. The zero-order valence-electron chi connectivity index (χ0n) is 9.95. The summed E-state index contributed by atoms with van der Waals surface area (Å²) in [6, 6.07) is 6.53. The first-order valence-electron chi connectivity index (χ1n) is 5.57. The van der Waals surface area contributed by atoms with Crippen molar-refractivity contribution in [3.8, 4) is 5.75 Å². The average Bonchev–Trinajstić information content (AvgIpc) is 2.44. The van der Waals surface area contributed by atoms with Crippen molar-refractivity contribution >= 4 is 17.6 Å². The molecule has 2 rings (SSSR count). The van der Waals surface area contributed by atoms with E-state index in [0.717, 1.165) is 0 Å². The Hall–Kier alpha value is -2.14. The van der Waals surface area contributed by atoms with E-state index < -0.39 is 5.97 Å². The van der Waals surface area contributed by atoms with Crippen LogP contribution in [-0.2, 0) is 4.74 Å². The van der Waals surface area contributed by atoms with Crippen LogP contribution in [0.1, 0.15) is 10.4 Å². The largest absolute Gasteiger partial charge is 0.488 e. The summed E-state index contributed by atoms with van der Waals surface area (Å²) in [6.45, 7) is 0.407. The molecule has 2 aromatic heterocycles. The van der Waals surface area contributed by atoms with Gasteiger partial charge in [0.2, 0.25) is 0 Å². The van der Waals surface area contributed by atoms with Gasteiger partial charge in [-0.2, -0.15) is 0 Å². The minimum atomic E-state index is -0.459. The maximum Gasteiger partial charge on any atom is 0.338 e. The van der Waals surface area contributed by atoms with Gasteiger partial charge in [-0.1, -0.05) is 11.6 Å². The lowest BCUT2D eigenvalue weighted by molar-refractivity contribution is 0.0450. The van der Waals surface area contributed by atoms with E-state index in [2.05, 4.69) is 9.97 Å². The fourth-order valence-corrected chi connectivity index (χ4v) is 1.51. The van der Waals surface area contributed by atoms with E-state index in [1.54, 1.807) is 24.5 Å². The molecular formula is C13H11ClN2O3. The SMILES string of the molecule is O=C(OCCOc1cccnc1)c1ccnc(Cl)c1. The van der Waals surface area contributed by atoms with Crippen molar-refractivity contribution in [3.05, 3.63) is 53.6 Å². The molecule has 98 valence electrons. The molecule has 2 aromatic rings. The molecule has 0 aliphatic heterocycles. The molecule has 0 unspecified atom stereocenters. The molecule has 6 heteroatoms. The summed E-state index contributed by atoms with van der Waals surface area (Å²) < 4.78 is 10.4. The van der Waals surface area contributed by atoms with Crippen molar-refractivity contribution < 1.29 is 14.3 Å². The lowest BCUT2D eigenvalue weighted by Crippen LogP contribution is -2.12. The van der Waals surface area contributed by atoms with E-state index in [4.69, 9.17) is 21.1 Å². The monoisotopic (exact) mass is 278 g/mol. The first-order valence-corrected chi connectivity index (χ1v) is 5.95. The summed E-state index contributed by atoms with van der Waals surface area (Å²) in [5.74, 6) is 0.171. The molecule has 0 aliphatic carbocycles. The first-order chi connectivity index (χ1) is 9.25. The maximum absolute atomic E-state index is 11.6. The van der Waals surface area contributed by atoms with Crippen molar-refractivity contribution in [2.45, 2.75) is 0 Å². The molecule has 0 atom stereocenters. The van der Waals surface area contributed by atoms with Crippen LogP contribution in [0.25, 0.3) is 0 Å². The molecule has 0 aromatic carbocycles. The number of hydrogen-bond acceptors (Lipinski definition) is 5. The van der Waals surface area contributed by atoms with Crippen LogP contribution in [0, 0.1) is 0 Å². The second-order valence-corrected chi connectivity index (χ2v) is 3.93. The normalized spacial score (nSPS) is 9.95. The molecule has 0 spiro atoms. The fraction of sp³-hybridized carbons (Fsp3) is 0.154. The van der Waals surface area contributed by atoms with Crippen LogP contribution in [0.15, 0.2) is 42.9 Å². The van der Waals surface area contributed by atoms with E-state index in [1.807, 2.05) is 0 Å². The molecule has 0 amide bonds. The van der Waals surface area contributed by atoms with Gasteiger partial charge in [0.1, 0.15) is 24.1 Å². The molecule has 0 N–H and O–H groups in total. The molecule has 5 nitrogen and oxygen atoms in total. The van der Waals surface area contributed by atoms with Gasteiger partial charge in [0.05, 0.1) is 11.8 Å². The summed E-state index contributed by atoms with van der Waals surface area (Å²) in [5, 5.41) is 0.251. The molecule has 0 fully saturated rings. The lowest BCUT2D eigenvalue weighted by atomic mass is 10.3. The molecular weight excluding hydrogens is 268 g/mol. The predicted molar refractivity (Wildman–Crippen MR) is 69.3 cm³/mol. The Kier molecular flexibility index (Phi) is 4.69. The van der Waals surface area contributed by atoms with Crippen molar-refractivity contribution in [1.29, 1.82) is 0 Å². The second-order valence-electron chi connectivity index (χ2n) is 3.54. The average molecular weight is 279 g/mol. The van der Waals surface area contributed by atoms with Crippen molar-refractivity contribution in [1.82, 2.24) is 9.97 Å². The van der Waals surface area contributed by atoms with Crippen molar-refractivity contribution in [2.24, 2.45) is 0 Å². The van der Waals surface area contributed by atoms with Gasteiger partial charge in [-0.05, 0) is 24.3 Å². The summed E-state index contributed by atoms with van der Waals surface area (Å²) in [6.07, 6.45) is 4.69. The molecule has 0 aliphatic rings. The Morgan fingerprint density at radius 3 is 2.89 bits per heavy atom. The molecule has 2 heterocycles. The number of carbonyl (C=O) groups excluding carboxylic acids is 1. The van der Waals surface area contributed by atoms with Crippen LogP contribution in [0.3, 0.4) is 0 Å². The van der Waals surface area contributed by atoms with Crippen LogP contribution >= 0.6 is 11.6 Å². The van der Waals surface area contributed by atoms with Crippen LogP contribution in [0.4, 0.5) is 0 Å². The molecule has 0 saturated carbocycles. The Labute approximate surface area is 115 Å². The van der Waals surface area contributed by atoms with Crippen LogP contribution < -0.4 is 4.74 Å². The third-order valence-corrected chi connectivity index (χ3v) is 2.39. The zero-order valence-corrected chi connectivity index (χ0v) is 10.7. The fourth-order valence-electron chi connectivity index (χ4n) is 1.34. The standard InChI is InChI=1S/C13H11ClN2O3/c14-12-8-10(3-5-16-12)13(17)19-7-6-18-11-2-1-4-15-9-11/h1-5,8-9H,6-7H2. The molecule has 19 heavy (non-hydrogen) atoms. The number of nitrogens with zero attached hydrogens (tertiary/aromatic N) is 2. The van der Waals surface area contributed by atoms with Gasteiger partial charge in [0, 0.05) is 12.4 Å². The number of esters is 1. The Morgan fingerprint density at radius 2 is 2.16 bits per heavy atom. The van der Waals surface area contributed by atoms with E-state index in [-0.39, 0.29) is 18.4 Å². The zero-order chi connectivity index (χ0) is 13.5. The van der Waals surface area contributed by atoms with E-state index >= 15 is 0 Å². The highest BCUT2D eigenvalue weighted by atomic mass is 35.5. The number of carbonyl (C=O) groups is 1. The lowest BCUT2D eigenvalue weighted by Gasteiger charge is -2.06. The van der Waals surface area contributed by atoms with Gasteiger partial charge in [-0.15, -0.1) is 0 Å². The van der Waals surface area contributed by atoms with Gasteiger partial charge in [0.15, 0.2) is 0 Å². The smallest absolute Gasteiger partial charge is 0.338 e. The van der Waals surface area contributed by atoms with E-state index in [0.29, 0.717) is 11.3 Å². The van der Waals surface area contributed by atoms with Crippen LogP contribution in [0.2, 0.25) is 5.15 Å². The van der Waals surface area contributed by atoms with Gasteiger partial charge in [-0.3, -0.25) is 4.98 Å². The van der Waals surface area contributed by atoms with Crippen LogP contribution in [-0.4, -0.2) is 29.2 Å². The highest BCUT2D eigenvalue weighted by Crippen LogP contribution is 2.09. The Bertz CT molecular complexity index is 549. The van der Waals surface area contributed by atoms with Gasteiger partial charge in [0.25, 0.3) is 0 Å². The van der Waals surface area contributed by atoms with Gasteiger partial charge in [-0.25, -0.2) is 9.78 Å². The molecule has 0 saturated heterocycles. The van der Waals surface area contributed by atoms with Gasteiger partial charge >= 0.3 is 5.97 Å². The second kappa shape index (κ2) is 6.70. The molecule has 0 bridgehead atoms. The summed E-state index contributed by atoms with van der Waals surface area (Å²) in [5.41, 5.74) is 0.362. The summed E-state index contributed by atoms with van der Waals surface area (Å²) >= 11 is 5.68. The third kappa shape index (κ3) is 4.22. The number of aromatic nitrogens is 2. The predicted octanol–water partition coefficient (Wildman–Crippen LogP) is 2.37. The van der Waals surface area contributed by atoms with Crippen LogP contribution in [0.5, 0.6) is 5.75 Å². The molecule has 0 radical (unpaired) electrons. The number of halogens is 1. The van der Waals surface area contributed by atoms with E-state index in [9.17, 15) is 4.79 Å². The minimum absolute atomic E-state index is 0.146. The van der Waals surface area contributed by atoms with E-state index in [1.165, 1.54) is 18.3 Å². The topological polar surface area (TPSA) is 61.3 Å². The minimum Gasteiger partial charge on any atom is -0.488 e. The Morgan fingerprint density at radius 1 is 1.26 bits per heavy atom. The van der Waals surface area contributed by atoms with Gasteiger partial charge < -0.3 is 9.47 Å². The quantitative estimate of drug-likeness (QED) is 0.477. The maximum atomic E-state index is 11.6. The third-order valence-electron chi connectivity index (χ3n) is 2.18. The Balaban J connectivity index is 1.75. The summed E-state index contributed by atoms with van der Waals surface area (Å²) in [7, 11) is 0. The highest BCUT2D eigenvalue weighted by molar-refractivity contribution is 6.29. The number of ether oxygens (including phenoxy) is 2. The number of pyridine rings is 2. The first kappa shape index (κ1) is 13.3. The van der Waals surface area contributed by atoms with Crippen molar-refractivity contribution in [3.63, 3.8) is 0 Å². The highest BCUT2D eigenvalue weighted by Gasteiger charge is 2.07. The number of rotatable bonds is 5. The van der Waals surface area contributed by atoms with Crippen molar-refractivity contribution in [2.75, 3.05) is 13.2 Å².